The lowest BCUT2D eigenvalue weighted by Crippen LogP contribution is -2.48. The maximum absolute atomic E-state index is 12.0. The van der Waals surface area contributed by atoms with Crippen molar-refractivity contribution in [2.24, 2.45) is 0 Å². The van der Waals surface area contributed by atoms with Gasteiger partial charge < -0.3 is 9.64 Å². The molecule has 1 amide bonds. The monoisotopic (exact) mass is 243 g/mol. The summed E-state index contributed by atoms with van der Waals surface area (Å²) in [4.78, 5) is 14.0. The minimum absolute atomic E-state index is 0.180. The molecule has 1 aliphatic rings. The molecular formula is C12H25NO2Si. The molecule has 1 fully saturated rings. The molecule has 2 atom stereocenters. The van der Waals surface area contributed by atoms with Gasteiger partial charge in [-0.05, 0) is 19.9 Å². The number of amides is 1. The SMILES string of the molecule is CC1CN(C(=O)CC[Si](C)(C)C)CC(C)O1. The van der Waals surface area contributed by atoms with Gasteiger partial charge in [-0.1, -0.05) is 19.6 Å². The number of morpholine rings is 1. The second kappa shape index (κ2) is 5.32. The number of carbonyl (C=O) groups excluding carboxylic acids is 1. The van der Waals surface area contributed by atoms with Gasteiger partial charge in [0.2, 0.25) is 5.91 Å². The average molecular weight is 243 g/mol. The number of hydrogen-bond acceptors (Lipinski definition) is 2. The van der Waals surface area contributed by atoms with Crippen LogP contribution in [0.15, 0.2) is 0 Å². The van der Waals surface area contributed by atoms with Crippen molar-refractivity contribution in [2.75, 3.05) is 13.1 Å². The molecule has 1 aliphatic heterocycles. The van der Waals surface area contributed by atoms with Crippen LogP contribution >= 0.6 is 0 Å². The second-order valence-corrected chi connectivity index (χ2v) is 11.7. The Kier molecular flexibility index (Phi) is 4.56. The first kappa shape index (κ1) is 13.7. The lowest BCUT2D eigenvalue weighted by Gasteiger charge is -2.35. The molecule has 1 rings (SSSR count). The molecule has 0 saturated carbocycles. The number of ether oxygens (including phenoxy) is 1. The Morgan fingerprint density at radius 2 is 1.75 bits per heavy atom. The fourth-order valence-electron chi connectivity index (χ4n) is 2.02. The normalized spacial score (nSPS) is 26.9. The Balaban J connectivity index is 2.41. The molecule has 0 bridgehead atoms. The molecule has 94 valence electrons. The molecule has 1 saturated heterocycles. The van der Waals surface area contributed by atoms with Crippen LogP contribution in [0.25, 0.3) is 0 Å². The van der Waals surface area contributed by atoms with E-state index in [4.69, 9.17) is 4.74 Å². The molecule has 0 aromatic rings. The van der Waals surface area contributed by atoms with Crippen LogP contribution in [0.4, 0.5) is 0 Å². The first-order valence-corrected chi connectivity index (χ1v) is 9.92. The third-order valence-electron chi connectivity index (χ3n) is 2.86. The molecule has 0 radical (unpaired) electrons. The third-order valence-corrected chi connectivity index (χ3v) is 4.61. The summed E-state index contributed by atoms with van der Waals surface area (Å²) in [5, 5.41) is 0. The minimum atomic E-state index is -1.10. The third kappa shape index (κ3) is 4.66. The smallest absolute Gasteiger partial charge is 0.222 e. The summed E-state index contributed by atoms with van der Waals surface area (Å²) < 4.78 is 5.63. The lowest BCUT2D eigenvalue weighted by atomic mass is 10.2. The molecule has 0 aromatic carbocycles. The highest BCUT2D eigenvalue weighted by atomic mass is 28.3. The Labute approximate surface area is 100 Å². The van der Waals surface area contributed by atoms with E-state index >= 15 is 0 Å². The van der Waals surface area contributed by atoms with Gasteiger partial charge in [0.05, 0.1) is 12.2 Å². The first-order chi connectivity index (χ1) is 7.28. The number of rotatable bonds is 3. The van der Waals surface area contributed by atoms with Gasteiger partial charge in [-0.3, -0.25) is 4.79 Å². The Morgan fingerprint density at radius 1 is 1.25 bits per heavy atom. The van der Waals surface area contributed by atoms with Crippen LogP contribution in [0.2, 0.25) is 25.7 Å². The van der Waals surface area contributed by atoms with E-state index in [1.165, 1.54) is 0 Å². The van der Waals surface area contributed by atoms with Gasteiger partial charge in [-0.15, -0.1) is 0 Å². The van der Waals surface area contributed by atoms with Crippen LogP contribution in [0, 0.1) is 0 Å². The molecule has 0 aromatic heterocycles. The van der Waals surface area contributed by atoms with Crippen molar-refractivity contribution in [1.82, 2.24) is 4.90 Å². The maximum Gasteiger partial charge on any atom is 0.222 e. The number of hydrogen-bond donors (Lipinski definition) is 0. The zero-order chi connectivity index (χ0) is 12.3. The van der Waals surface area contributed by atoms with Crippen molar-refractivity contribution in [3.63, 3.8) is 0 Å². The highest BCUT2D eigenvalue weighted by Gasteiger charge is 2.26. The summed E-state index contributed by atoms with van der Waals surface area (Å²) >= 11 is 0. The van der Waals surface area contributed by atoms with E-state index in [9.17, 15) is 4.79 Å². The van der Waals surface area contributed by atoms with E-state index in [1.807, 2.05) is 18.7 Å². The van der Waals surface area contributed by atoms with Crippen LogP contribution in [-0.2, 0) is 9.53 Å². The molecule has 0 N–H and O–H groups in total. The van der Waals surface area contributed by atoms with Crippen LogP contribution in [0.1, 0.15) is 20.3 Å². The van der Waals surface area contributed by atoms with Crippen molar-refractivity contribution in [3.05, 3.63) is 0 Å². The van der Waals surface area contributed by atoms with Crippen LogP contribution in [0.5, 0.6) is 0 Å². The Morgan fingerprint density at radius 3 is 2.19 bits per heavy atom. The largest absolute Gasteiger partial charge is 0.372 e. The van der Waals surface area contributed by atoms with Crippen LogP contribution in [0.3, 0.4) is 0 Å². The molecule has 16 heavy (non-hydrogen) atoms. The van der Waals surface area contributed by atoms with Gasteiger partial charge in [-0.2, -0.15) is 0 Å². The van der Waals surface area contributed by atoms with Gasteiger partial charge in [-0.25, -0.2) is 0 Å². The first-order valence-electron chi connectivity index (χ1n) is 6.21. The van der Waals surface area contributed by atoms with Gasteiger partial charge >= 0.3 is 0 Å². The molecule has 3 nitrogen and oxygen atoms in total. The minimum Gasteiger partial charge on any atom is -0.372 e. The molecular weight excluding hydrogens is 218 g/mol. The zero-order valence-corrected chi connectivity index (χ0v) is 12.2. The van der Waals surface area contributed by atoms with E-state index < -0.39 is 8.07 Å². The van der Waals surface area contributed by atoms with Gasteiger partial charge in [0.1, 0.15) is 0 Å². The molecule has 0 spiro atoms. The van der Waals surface area contributed by atoms with E-state index in [-0.39, 0.29) is 12.2 Å². The van der Waals surface area contributed by atoms with Crippen molar-refractivity contribution in [1.29, 1.82) is 0 Å². The molecule has 0 aliphatic carbocycles. The predicted molar refractivity (Wildman–Crippen MR) is 69.4 cm³/mol. The molecule has 1 heterocycles. The van der Waals surface area contributed by atoms with E-state index in [1.54, 1.807) is 0 Å². The van der Waals surface area contributed by atoms with E-state index in [0.29, 0.717) is 5.91 Å². The average Bonchev–Trinajstić information content (AvgIpc) is 2.11. The summed E-state index contributed by atoms with van der Waals surface area (Å²) in [6, 6.07) is 1.09. The van der Waals surface area contributed by atoms with Gasteiger partial charge in [0.15, 0.2) is 0 Å². The summed E-state index contributed by atoms with van der Waals surface area (Å²) in [5.74, 6) is 0.310. The fraction of sp³-hybridized carbons (Fsp3) is 0.917. The van der Waals surface area contributed by atoms with Crippen molar-refractivity contribution in [3.8, 4) is 0 Å². The summed E-state index contributed by atoms with van der Waals surface area (Å²) in [6.07, 6.45) is 1.08. The Hall–Kier alpha value is -0.353. The molecule has 4 heteroatoms. The standard InChI is InChI=1S/C12H25NO2Si/c1-10-8-13(9-11(2)15-10)12(14)6-7-16(3,4)5/h10-11H,6-9H2,1-5H3. The zero-order valence-electron chi connectivity index (χ0n) is 11.2. The summed E-state index contributed by atoms with van der Waals surface area (Å²) in [5.41, 5.74) is 0. The quantitative estimate of drug-likeness (QED) is 0.712. The summed E-state index contributed by atoms with van der Waals surface area (Å²) in [6.45, 7) is 12.5. The van der Waals surface area contributed by atoms with Gasteiger partial charge in [0.25, 0.3) is 0 Å². The van der Waals surface area contributed by atoms with Crippen LogP contribution < -0.4 is 0 Å². The van der Waals surface area contributed by atoms with Crippen LogP contribution in [-0.4, -0.2) is 44.2 Å². The lowest BCUT2D eigenvalue weighted by molar-refractivity contribution is -0.142. The maximum atomic E-state index is 12.0. The van der Waals surface area contributed by atoms with Crippen molar-refractivity contribution >= 4 is 14.0 Å². The number of nitrogens with zero attached hydrogens (tertiary/aromatic N) is 1. The highest BCUT2D eigenvalue weighted by molar-refractivity contribution is 6.76. The second-order valence-electron chi connectivity index (χ2n) is 6.12. The highest BCUT2D eigenvalue weighted by Crippen LogP contribution is 2.16. The van der Waals surface area contributed by atoms with Crippen molar-refractivity contribution in [2.45, 2.75) is 58.2 Å². The fourth-order valence-corrected chi connectivity index (χ4v) is 2.99. The summed E-state index contributed by atoms with van der Waals surface area (Å²) in [7, 11) is -1.10. The topological polar surface area (TPSA) is 29.5 Å². The molecule has 2 unspecified atom stereocenters. The van der Waals surface area contributed by atoms with Crippen molar-refractivity contribution < 1.29 is 9.53 Å². The Bertz CT molecular complexity index is 240. The van der Waals surface area contributed by atoms with E-state index in [2.05, 4.69) is 19.6 Å². The van der Waals surface area contributed by atoms with E-state index in [0.717, 1.165) is 25.6 Å². The van der Waals surface area contributed by atoms with Gasteiger partial charge in [0, 0.05) is 27.6 Å². The predicted octanol–water partition coefficient (Wildman–Crippen LogP) is 2.35. The number of carbonyl (C=O) groups is 1.